The number of carbonyl (C=O) groups is 3. The Kier molecular flexibility index (Phi) is 7.35. The van der Waals surface area contributed by atoms with Crippen molar-refractivity contribution in [2.45, 2.75) is 58.1 Å². The van der Waals surface area contributed by atoms with Crippen LogP contribution in [0, 0.1) is 17.2 Å². The zero-order chi connectivity index (χ0) is 19.8. The minimum atomic E-state index is -0.887. The van der Waals surface area contributed by atoms with E-state index in [1.807, 2.05) is 0 Å². The number of carbonyl (C=O) groups excluding carboxylic acids is 3. The molecule has 1 saturated carbocycles. The lowest BCUT2D eigenvalue weighted by Crippen LogP contribution is -2.45. The number of nitriles is 1. The zero-order valence-corrected chi connectivity index (χ0v) is 15.7. The molecule has 0 spiro atoms. The molecule has 3 atom stereocenters. The lowest BCUT2D eigenvalue weighted by Gasteiger charge is -2.30. The molecule has 2 rings (SSSR count). The molecule has 0 saturated heterocycles. The number of amides is 2. The fraction of sp³-hybridized carbons (Fsp3) is 0.500. The van der Waals surface area contributed by atoms with Crippen LogP contribution in [0.4, 0.5) is 5.69 Å². The smallest absolute Gasteiger partial charge is 0.338 e. The largest absolute Gasteiger partial charge is 0.449 e. The topological polar surface area (TPSA) is 108 Å². The number of esters is 1. The summed E-state index contributed by atoms with van der Waals surface area (Å²) >= 11 is 0. The molecular weight excluding hydrogens is 346 g/mol. The highest BCUT2D eigenvalue weighted by Gasteiger charge is 2.26. The van der Waals surface area contributed by atoms with Crippen LogP contribution in [0.3, 0.4) is 0 Å². The third-order valence-corrected chi connectivity index (χ3v) is 4.74. The van der Waals surface area contributed by atoms with E-state index in [1.54, 1.807) is 25.1 Å². The molecule has 1 aromatic rings. The standard InChI is InChI=1S/C20H25N3O4/c1-13-5-3-4-6-17(13)23-19(25)14(2)27-20(26)15-7-9-16(10-8-15)22-18(24)11-12-21/h7-10,13-14,17H,3-6,11H2,1-2H3,(H,22,24)(H,23,25)/t13-,14+,17+/m0/s1. The van der Waals surface area contributed by atoms with Gasteiger partial charge in [0, 0.05) is 11.7 Å². The van der Waals surface area contributed by atoms with Gasteiger partial charge in [0.05, 0.1) is 11.6 Å². The third kappa shape index (κ3) is 6.10. The molecule has 0 radical (unpaired) electrons. The highest BCUT2D eigenvalue weighted by atomic mass is 16.5. The molecule has 1 aliphatic carbocycles. The summed E-state index contributed by atoms with van der Waals surface area (Å²) in [6.07, 6.45) is 3.20. The molecule has 2 amide bonds. The summed E-state index contributed by atoms with van der Waals surface area (Å²) in [6.45, 7) is 3.68. The SMILES string of the molecule is C[C@@H](OC(=O)c1ccc(NC(=O)CC#N)cc1)C(=O)N[C@@H]1CCCC[C@@H]1C. The van der Waals surface area contributed by atoms with E-state index in [-0.39, 0.29) is 23.9 Å². The van der Waals surface area contributed by atoms with Gasteiger partial charge in [-0.2, -0.15) is 5.26 Å². The van der Waals surface area contributed by atoms with Crippen molar-refractivity contribution in [3.05, 3.63) is 29.8 Å². The van der Waals surface area contributed by atoms with Crippen molar-refractivity contribution in [2.75, 3.05) is 5.32 Å². The van der Waals surface area contributed by atoms with E-state index < -0.39 is 18.0 Å². The molecule has 0 bridgehead atoms. The van der Waals surface area contributed by atoms with Gasteiger partial charge in [-0.1, -0.05) is 19.8 Å². The fourth-order valence-electron chi connectivity index (χ4n) is 3.08. The molecule has 7 heteroatoms. The maximum absolute atomic E-state index is 12.3. The molecule has 0 aliphatic heterocycles. The van der Waals surface area contributed by atoms with E-state index in [2.05, 4.69) is 17.6 Å². The Bertz CT molecular complexity index is 724. The van der Waals surface area contributed by atoms with Crippen LogP contribution >= 0.6 is 0 Å². The lowest BCUT2D eigenvalue weighted by molar-refractivity contribution is -0.130. The lowest BCUT2D eigenvalue weighted by atomic mass is 9.86. The maximum atomic E-state index is 12.3. The fourth-order valence-corrected chi connectivity index (χ4v) is 3.08. The Balaban J connectivity index is 1.87. The van der Waals surface area contributed by atoms with E-state index in [1.165, 1.54) is 18.6 Å². The predicted molar refractivity (Wildman–Crippen MR) is 99.7 cm³/mol. The summed E-state index contributed by atoms with van der Waals surface area (Å²) < 4.78 is 5.25. The first kappa shape index (κ1) is 20.4. The van der Waals surface area contributed by atoms with Crippen molar-refractivity contribution in [1.82, 2.24) is 5.32 Å². The maximum Gasteiger partial charge on any atom is 0.338 e. The van der Waals surface area contributed by atoms with Crippen LogP contribution in [0.2, 0.25) is 0 Å². The van der Waals surface area contributed by atoms with E-state index >= 15 is 0 Å². The Hall–Kier alpha value is -2.88. The molecule has 1 aromatic carbocycles. The van der Waals surface area contributed by atoms with Crippen LogP contribution in [0.1, 0.15) is 56.3 Å². The van der Waals surface area contributed by atoms with Gasteiger partial charge in [0.2, 0.25) is 5.91 Å². The van der Waals surface area contributed by atoms with Crippen molar-refractivity contribution in [3.8, 4) is 6.07 Å². The first-order chi connectivity index (χ1) is 12.9. The Morgan fingerprint density at radius 2 is 1.89 bits per heavy atom. The van der Waals surface area contributed by atoms with Gasteiger partial charge < -0.3 is 15.4 Å². The summed E-state index contributed by atoms with van der Waals surface area (Å²) in [5.74, 6) is -0.892. The zero-order valence-electron chi connectivity index (χ0n) is 15.7. The average Bonchev–Trinajstić information content (AvgIpc) is 2.64. The van der Waals surface area contributed by atoms with Gasteiger partial charge in [0.1, 0.15) is 6.42 Å². The Labute approximate surface area is 159 Å². The van der Waals surface area contributed by atoms with Crippen LogP contribution in [-0.4, -0.2) is 29.9 Å². The molecule has 0 aromatic heterocycles. The number of rotatable bonds is 6. The van der Waals surface area contributed by atoms with Crippen molar-refractivity contribution < 1.29 is 19.1 Å². The Morgan fingerprint density at radius 3 is 2.52 bits per heavy atom. The quantitative estimate of drug-likeness (QED) is 0.748. The number of anilines is 1. The number of hydrogen-bond acceptors (Lipinski definition) is 5. The number of ether oxygens (including phenoxy) is 1. The Morgan fingerprint density at radius 1 is 1.22 bits per heavy atom. The van der Waals surface area contributed by atoms with Gasteiger partial charge >= 0.3 is 5.97 Å². The number of hydrogen-bond donors (Lipinski definition) is 2. The summed E-state index contributed by atoms with van der Waals surface area (Å²) in [5, 5.41) is 14.0. The first-order valence-corrected chi connectivity index (χ1v) is 9.19. The summed E-state index contributed by atoms with van der Waals surface area (Å²) in [4.78, 5) is 35.9. The second-order valence-electron chi connectivity index (χ2n) is 6.88. The van der Waals surface area contributed by atoms with Crippen LogP contribution in [-0.2, 0) is 14.3 Å². The van der Waals surface area contributed by atoms with Crippen molar-refractivity contribution in [3.63, 3.8) is 0 Å². The average molecular weight is 371 g/mol. The van der Waals surface area contributed by atoms with Gasteiger partial charge in [0.15, 0.2) is 6.10 Å². The van der Waals surface area contributed by atoms with Crippen molar-refractivity contribution >= 4 is 23.5 Å². The molecule has 7 nitrogen and oxygen atoms in total. The monoisotopic (exact) mass is 371 g/mol. The summed E-state index contributed by atoms with van der Waals surface area (Å²) in [7, 11) is 0. The van der Waals surface area contributed by atoms with Crippen LogP contribution in [0.25, 0.3) is 0 Å². The van der Waals surface area contributed by atoms with Crippen molar-refractivity contribution in [1.29, 1.82) is 5.26 Å². The van der Waals surface area contributed by atoms with E-state index in [0.717, 1.165) is 19.3 Å². The van der Waals surface area contributed by atoms with Crippen molar-refractivity contribution in [2.24, 2.45) is 5.92 Å². The second-order valence-corrected chi connectivity index (χ2v) is 6.88. The normalized spacial score (nSPS) is 20.0. The van der Waals surface area contributed by atoms with Gasteiger partial charge in [-0.05, 0) is 49.9 Å². The number of benzene rings is 1. The molecular formula is C20H25N3O4. The van der Waals surface area contributed by atoms with E-state index in [4.69, 9.17) is 10.00 Å². The highest BCUT2D eigenvalue weighted by Crippen LogP contribution is 2.23. The van der Waals surface area contributed by atoms with Gasteiger partial charge in [-0.3, -0.25) is 9.59 Å². The molecule has 0 heterocycles. The van der Waals surface area contributed by atoms with Crippen LogP contribution in [0.5, 0.6) is 0 Å². The molecule has 0 unspecified atom stereocenters. The van der Waals surface area contributed by atoms with Crippen LogP contribution < -0.4 is 10.6 Å². The van der Waals surface area contributed by atoms with Gasteiger partial charge in [-0.25, -0.2) is 4.79 Å². The van der Waals surface area contributed by atoms with Gasteiger partial charge in [-0.15, -0.1) is 0 Å². The summed E-state index contributed by atoms with van der Waals surface area (Å²) in [5.41, 5.74) is 0.753. The minimum absolute atomic E-state index is 0.128. The van der Waals surface area contributed by atoms with E-state index in [9.17, 15) is 14.4 Å². The highest BCUT2D eigenvalue weighted by molar-refractivity contribution is 5.94. The van der Waals surface area contributed by atoms with Crippen LogP contribution in [0.15, 0.2) is 24.3 Å². The van der Waals surface area contributed by atoms with E-state index in [0.29, 0.717) is 11.6 Å². The number of nitrogens with one attached hydrogen (secondary N) is 2. The molecule has 2 N–H and O–H groups in total. The second kappa shape index (κ2) is 9.72. The third-order valence-electron chi connectivity index (χ3n) is 4.74. The number of nitrogens with zero attached hydrogens (tertiary/aromatic N) is 1. The predicted octanol–water partition coefficient (Wildman–Crippen LogP) is 2.78. The molecule has 1 fully saturated rings. The molecule has 144 valence electrons. The summed E-state index contributed by atoms with van der Waals surface area (Å²) in [6, 6.07) is 7.97. The minimum Gasteiger partial charge on any atom is -0.449 e. The van der Waals surface area contributed by atoms with Gasteiger partial charge in [0.25, 0.3) is 5.91 Å². The first-order valence-electron chi connectivity index (χ1n) is 9.19. The molecule has 27 heavy (non-hydrogen) atoms. The molecule has 1 aliphatic rings.